The predicted molar refractivity (Wildman–Crippen MR) is 80.5 cm³/mol. The topological polar surface area (TPSA) is 24.9 Å². The molecule has 19 heavy (non-hydrogen) atoms. The van der Waals surface area contributed by atoms with Gasteiger partial charge in [-0.25, -0.2) is 4.98 Å². The number of nitrogens with zero attached hydrogens (tertiary/aromatic N) is 1. The Morgan fingerprint density at radius 3 is 3.00 bits per heavy atom. The zero-order valence-electron chi connectivity index (χ0n) is 11.4. The Morgan fingerprint density at radius 2 is 2.21 bits per heavy atom. The molecule has 0 spiro atoms. The van der Waals surface area contributed by atoms with Gasteiger partial charge in [0, 0.05) is 18.1 Å². The van der Waals surface area contributed by atoms with Gasteiger partial charge >= 0.3 is 0 Å². The van der Waals surface area contributed by atoms with Crippen molar-refractivity contribution in [3.8, 4) is 0 Å². The summed E-state index contributed by atoms with van der Waals surface area (Å²) >= 11 is 1.74. The van der Waals surface area contributed by atoms with Gasteiger partial charge in [0.1, 0.15) is 5.01 Å². The minimum absolute atomic E-state index is 0.383. The van der Waals surface area contributed by atoms with E-state index < -0.39 is 0 Å². The van der Waals surface area contributed by atoms with E-state index in [9.17, 15) is 0 Å². The second-order valence-electron chi connectivity index (χ2n) is 5.17. The van der Waals surface area contributed by atoms with Crippen LogP contribution < -0.4 is 5.32 Å². The molecule has 0 radical (unpaired) electrons. The fraction of sp³-hybridized carbons (Fsp3) is 0.438. The average Bonchev–Trinajstić information content (AvgIpc) is 3.10. The smallest absolute Gasteiger partial charge is 0.109 e. The van der Waals surface area contributed by atoms with Crippen molar-refractivity contribution < 1.29 is 0 Å². The van der Waals surface area contributed by atoms with Crippen molar-refractivity contribution in [2.24, 2.45) is 0 Å². The van der Waals surface area contributed by atoms with Gasteiger partial charge in [-0.2, -0.15) is 0 Å². The molecule has 3 rings (SSSR count). The summed E-state index contributed by atoms with van der Waals surface area (Å²) in [6, 6.07) is 7.34. The SMILES string of the molecule is CCC(NCc1ccc2c(c1)CCC2)c1nccs1. The third-order valence-corrected chi connectivity index (χ3v) is 4.76. The molecule has 1 unspecified atom stereocenters. The van der Waals surface area contributed by atoms with Crippen molar-refractivity contribution in [3.05, 3.63) is 51.5 Å². The molecule has 0 saturated carbocycles. The van der Waals surface area contributed by atoms with Crippen molar-refractivity contribution in [1.29, 1.82) is 0 Å². The molecule has 0 fully saturated rings. The van der Waals surface area contributed by atoms with Gasteiger partial charge in [0.15, 0.2) is 0 Å². The summed E-state index contributed by atoms with van der Waals surface area (Å²) in [6.07, 6.45) is 6.81. The number of benzene rings is 1. The highest BCUT2D eigenvalue weighted by atomic mass is 32.1. The number of hydrogen-bond acceptors (Lipinski definition) is 3. The van der Waals surface area contributed by atoms with Crippen molar-refractivity contribution in [1.82, 2.24) is 10.3 Å². The van der Waals surface area contributed by atoms with Crippen LogP contribution in [0.25, 0.3) is 0 Å². The van der Waals surface area contributed by atoms with Crippen LogP contribution in [0.4, 0.5) is 0 Å². The third kappa shape index (κ3) is 2.88. The molecule has 100 valence electrons. The molecule has 2 nitrogen and oxygen atoms in total. The van der Waals surface area contributed by atoms with Gasteiger partial charge in [-0.15, -0.1) is 11.3 Å². The monoisotopic (exact) mass is 272 g/mol. The van der Waals surface area contributed by atoms with Crippen LogP contribution in [0.1, 0.15) is 47.5 Å². The molecule has 0 amide bonds. The lowest BCUT2D eigenvalue weighted by molar-refractivity contribution is 0.516. The summed E-state index contributed by atoms with van der Waals surface area (Å²) in [7, 11) is 0. The van der Waals surface area contributed by atoms with Crippen LogP contribution >= 0.6 is 11.3 Å². The Labute approximate surface area is 118 Å². The Hall–Kier alpha value is -1.19. The molecule has 0 bridgehead atoms. The second-order valence-corrected chi connectivity index (χ2v) is 6.09. The van der Waals surface area contributed by atoms with E-state index >= 15 is 0 Å². The number of thiazole rings is 1. The van der Waals surface area contributed by atoms with Gasteiger partial charge in [-0.3, -0.25) is 0 Å². The van der Waals surface area contributed by atoms with E-state index in [2.05, 4.69) is 40.8 Å². The first-order valence-corrected chi connectivity index (χ1v) is 7.98. The lowest BCUT2D eigenvalue weighted by atomic mass is 10.1. The predicted octanol–water partition coefficient (Wildman–Crippen LogP) is 3.87. The second kappa shape index (κ2) is 5.85. The molecule has 0 aliphatic heterocycles. The maximum Gasteiger partial charge on any atom is 0.109 e. The van der Waals surface area contributed by atoms with Crippen LogP contribution in [0, 0.1) is 0 Å². The molecule has 1 aromatic heterocycles. The van der Waals surface area contributed by atoms with Gasteiger partial charge in [0.2, 0.25) is 0 Å². The molecule has 1 N–H and O–H groups in total. The molecule has 2 aromatic rings. The number of hydrogen-bond donors (Lipinski definition) is 1. The largest absolute Gasteiger partial charge is 0.304 e. The van der Waals surface area contributed by atoms with E-state index in [1.165, 1.54) is 29.8 Å². The first kappa shape index (κ1) is 12.8. The van der Waals surface area contributed by atoms with Crippen LogP contribution in [0.15, 0.2) is 29.8 Å². The van der Waals surface area contributed by atoms with E-state index in [1.54, 1.807) is 22.5 Å². The molecular weight excluding hydrogens is 252 g/mol. The summed E-state index contributed by atoms with van der Waals surface area (Å²) in [5.41, 5.74) is 4.51. The lowest BCUT2D eigenvalue weighted by Gasteiger charge is -2.15. The Morgan fingerprint density at radius 1 is 1.32 bits per heavy atom. The molecule has 1 aliphatic carbocycles. The minimum Gasteiger partial charge on any atom is -0.304 e. The summed E-state index contributed by atoms with van der Waals surface area (Å²) in [5.74, 6) is 0. The summed E-state index contributed by atoms with van der Waals surface area (Å²) in [6.45, 7) is 3.15. The molecule has 0 saturated heterocycles. The van der Waals surface area contributed by atoms with Crippen molar-refractivity contribution in [2.45, 2.75) is 45.2 Å². The maximum atomic E-state index is 4.41. The summed E-state index contributed by atoms with van der Waals surface area (Å²) in [5, 5.41) is 6.88. The normalized spacial score (nSPS) is 15.4. The highest BCUT2D eigenvalue weighted by Crippen LogP contribution is 2.24. The quantitative estimate of drug-likeness (QED) is 0.893. The number of fused-ring (bicyclic) bond motifs is 1. The van der Waals surface area contributed by atoms with Crippen LogP contribution in [0.2, 0.25) is 0 Å². The minimum atomic E-state index is 0.383. The van der Waals surface area contributed by atoms with Crippen molar-refractivity contribution in [3.63, 3.8) is 0 Å². The molecule has 1 heterocycles. The number of aromatic nitrogens is 1. The fourth-order valence-electron chi connectivity index (χ4n) is 2.79. The Balaban J connectivity index is 1.65. The Bertz CT molecular complexity index is 534. The molecule has 1 aliphatic rings. The molecular formula is C16H20N2S. The number of rotatable bonds is 5. The van der Waals surface area contributed by atoms with Gasteiger partial charge in [-0.05, 0) is 42.4 Å². The van der Waals surface area contributed by atoms with E-state index in [1.807, 2.05) is 6.20 Å². The highest BCUT2D eigenvalue weighted by molar-refractivity contribution is 7.09. The van der Waals surface area contributed by atoms with Crippen molar-refractivity contribution >= 4 is 11.3 Å². The summed E-state index contributed by atoms with van der Waals surface area (Å²) < 4.78 is 0. The van der Waals surface area contributed by atoms with Gasteiger partial charge < -0.3 is 5.32 Å². The van der Waals surface area contributed by atoms with Gasteiger partial charge in [0.05, 0.1) is 6.04 Å². The average molecular weight is 272 g/mol. The van der Waals surface area contributed by atoms with Crippen molar-refractivity contribution in [2.75, 3.05) is 0 Å². The first-order valence-electron chi connectivity index (χ1n) is 7.10. The standard InChI is InChI=1S/C16H20N2S/c1-2-15(16-17-8-9-19-16)18-11-12-6-7-13-4-3-5-14(13)10-12/h6-10,15,18H,2-5,11H2,1H3. The zero-order valence-corrected chi connectivity index (χ0v) is 12.2. The number of aryl methyl sites for hydroxylation is 2. The Kier molecular flexibility index (Phi) is 3.95. The van der Waals surface area contributed by atoms with Crippen LogP contribution in [-0.2, 0) is 19.4 Å². The summed E-state index contributed by atoms with van der Waals surface area (Å²) in [4.78, 5) is 4.41. The van der Waals surface area contributed by atoms with Gasteiger partial charge in [0.25, 0.3) is 0 Å². The fourth-order valence-corrected chi connectivity index (χ4v) is 3.59. The van der Waals surface area contributed by atoms with Crippen LogP contribution in [0.5, 0.6) is 0 Å². The van der Waals surface area contributed by atoms with Gasteiger partial charge in [-0.1, -0.05) is 25.1 Å². The van der Waals surface area contributed by atoms with E-state index in [4.69, 9.17) is 0 Å². The van der Waals surface area contributed by atoms with Crippen LogP contribution in [-0.4, -0.2) is 4.98 Å². The first-order chi connectivity index (χ1) is 9.36. The molecule has 3 heteroatoms. The van der Waals surface area contributed by atoms with E-state index in [0.717, 1.165) is 13.0 Å². The number of nitrogens with one attached hydrogen (secondary N) is 1. The molecule has 1 aromatic carbocycles. The zero-order chi connectivity index (χ0) is 13.1. The third-order valence-electron chi connectivity index (χ3n) is 3.87. The van der Waals surface area contributed by atoms with E-state index in [0.29, 0.717) is 6.04 Å². The molecule has 1 atom stereocenters. The van der Waals surface area contributed by atoms with E-state index in [-0.39, 0.29) is 0 Å². The maximum absolute atomic E-state index is 4.41. The van der Waals surface area contributed by atoms with Crippen LogP contribution in [0.3, 0.4) is 0 Å². The highest BCUT2D eigenvalue weighted by Gasteiger charge is 2.13. The lowest BCUT2D eigenvalue weighted by Crippen LogP contribution is -2.20.